The van der Waals surface area contributed by atoms with Crippen LogP contribution < -0.4 is 5.32 Å². The molecule has 6 heteroatoms. The Morgan fingerprint density at radius 1 is 1.24 bits per heavy atom. The summed E-state index contributed by atoms with van der Waals surface area (Å²) in [5.41, 5.74) is 0. The Balaban J connectivity index is 0.00000220. The van der Waals surface area contributed by atoms with Crippen LogP contribution >= 0.6 is 12.4 Å². The van der Waals surface area contributed by atoms with Crippen LogP contribution in [0.2, 0.25) is 0 Å². The molecule has 5 nitrogen and oxygen atoms in total. The zero-order valence-electron chi connectivity index (χ0n) is 13.3. The first-order valence-corrected chi connectivity index (χ1v) is 7.80. The Kier molecular flexibility index (Phi) is 6.94. The van der Waals surface area contributed by atoms with E-state index < -0.39 is 0 Å². The van der Waals surface area contributed by atoms with Crippen LogP contribution in [0.15, 0.2) is 0 Å². The fraction of sp³-hybridized carbons (Fsp3) is 0.867. The van der Waals surface area contributed by atoms with Crippen molar-refractivity contribution in [2.24, 2.45) is 5.92 Å². The standard InChI is InChI=1S/C15H27N3O2.ClH/c1-11(2)14(18-8-4-5-13(18)19)15(20)17-9-6-12(16-3)7-10-17;/h11-12,14,16H,4-10H2,1-3H3;1H. The van der Waals surface area contributed by atoms with Gasteiger partial charge in [-0.25, -0.2) is 0 Å². The van der Waals surface area contributed by atoms with Crippen molar-refractivity contribution in [3.63, 3.8) is 0 Å². The first kappa shape index (κ1) is 18.2. The van der Waals surface area contributed by atoms with Crippen molar-refractivity contribution in [1.82, 2.24) is 15.1 Å². The second-order valence-electron chi connectivity index (χ2n) is 6.27. The van der Waals surface area contributed by atoms with Gasteiger partial charge in [-0.05, 0) is 32.2 Å². The molecule has 0 aromatic heterocycles. The summed E-state index contributed by atoms with van der Waals surface area (Å²) in [6, 6.07) is 0.251. The van der Waals surface area contributed by atoms with Crippen LogP contribution in [0.4, 0.5) is 0 Å². The monoisotopic (exact) mass is 317 g/mol. The van der Waals surface area contributed by atoms with Crippen molar-refractivity contribution in [2.75, 3.05) is 26.7 Å². The van der Waals surface area contributed by atoms with Gasteiger partial charge in [-0.2, -0.15) is 0 Å². The van der Waals surface area contributed by atoms with E-state index in [1.54, 1.807) is 4.90 Å². The Labute approximate surface area is 133 Å². The lowest BCUT2D eigenvalue weighted by Gasteiger charge is -2.38. The molecule has 1 N–H and O–H groups in total. The van der Waals surface area contributed by atoms with Gasteiger partial charge < -0.3 is 15.1 Å². The molecule has 2 rings (SSSR count). The highest BCUT2D eigenvalue weighted by molar-refractivity contribution is 5.89. The molecule has 2 aliphatic rings. The van der Waals surface area contributed by atoms with Crippen LogP contribution in [-0.4, -0.2) is 60.4 Å². The first-order valence-electron chi connectivity index (χ1n) is 7.80. The zero-order chi connectivity index (χ0) is 14.7. The summed E-state index contributed by atoms with van der Waals surface area (Å²) in [5.74, 6) is 0.457. The van der Waals surface area contributed by atoms with E-state index in [-0.39, 0.29) is 36.2 Å². The maximum absolute atomic E-state index is 12.8. The number of carbonyl (C=O) groups excluding carboxylic acids is 2. The molecule has 0 saturated carbocycles. The highest BCUT2D eigenvalue weighted by Gasteiger charge is 2.37. The third-order valence-corrected chi connectivity index (χ3v) is 4.55. The van der Waals surface area contributed by atoms with Gasteiger partial charge in [0.2, 0.25) is 11.8 Å². The third kappa shape index (κ3) is 4.10. The van der Waals surface area contributed by atoms with Gasteiger partial charge in [0.05, 0.1) is 0 Å². The third-order valence-electron chi connectivity index (χ3n) is 4.55. The summed E-state index contributed by atoms with van der Waals surface area (Å²) in [4.78, 5) is 28.5. The predicted molar refractivity (Wildman–Crippen MR) is 85.5 cm³/mol. The molecule has 1 unspecified atom stereocenters. The van der Waals surface area contributed by atoms with Gasteiger partial charge in [0.1, 0.15) is 6.04 Å². The second kappa shape index (κ2) is 7.99. The van der Waals surface area contributed by atoms with Crippen molar-refractivity contribution in [3.05, 3.63) is 0 Å². The van der Waals surface area contributed by atoms with E-state index in [1.165, 1.54) is 0 Å². The number of carbonyl (C=O) groups is 2. The summed E-state index contributed by atoms with van der Waals surface area (Å²) < 4.78 is 0. The number of rotatable bonds is 4. The molecule has 0 aromatic carbocycles. The Bertz CT molecular complexity index is 368. The molecule has 0 radical (unpaired) electrons. The molecule has 2 amide bonds. The lowest BCUT2D eigenvalue weighted by Crippen LogP contribution is -2.54. The van der Waals surface area contributed by atoms with Gasteiger partial charge in [-0.1, -0.05) is 13.8 Å². The van der Waals surface area contributed by atoms with Gasteiger partial charge in [-0.15, -0.1) is 12.4 Å². The summed E-state index contributed by atoms with van der Waals surface area (Å²) in [6.07, 6.45) is 3.48. The van der Waals surface area contributed by atoms with Crippen LogP contribution in [0.25, 0.3) is 0 Å². The average molecular weight is 318 g/mol. The van der Waals surface area contributed by atoms with Gasteiger partial charge in [0.25, 0.3) is 0 Å². The molecule has 0 aliphatic carbocycles. The van der Waals surface area contributed by atoms with Gasteiger partial charge in [0.15, 0.2) is 0 Å². The highest BCUT2D eigenvalue weighted by Crippen LogP contribution is 2.22. The summed E-state index contributed by atoms with van der Waals surface area (Å²) in [5, 5.41) is 3.28. The van der Waals surface area contributed by atoms with Crippen molar-refractivity contribution in [1.29, 1.82) is 0 Å². The fourth-order valence-electron chi connectivity index (χ4n) is 3.32. The SMILES string of the molecule is CNC1CCN(C(=O)C(C(C)C)N2CCCC2=O)CC1.Cl. The number of piperidine rings is 1. The molecule has 0 bridgehead atoms. The van der Waals surface area contributed by atoms with E-state index in [2.05, 4.69) is 5.32 Å². The van der Waals surface area contributed by atoms with Crippen LogP contribution in [0, 0.1) is 5.92 Å². The molecule has 21 heavy (non-hydrogen) atoms. The quantitative estimate of drug-likeness (QED) is 0.849. The van der Waals surface area contributed by atoms with Crippen molar-refractivity contribution in [3.8, 4) is 0 Å². The summed E-state index contributed by atoms with van der Waals surface area (Å²) in [7, 11) is 1.97. The second-order valence-corrected chi connectivity index (χ2v) is 6.27. The van der Waals surface area contributed by atoms with Crippen LogP contribution in [-0.2, 0) is 9.59 Å². The Morgan fingerprint density at radius 3 is 2.29 bits per heavy atom. The lowest BCUT2D eigenvalue weighted by atomic mass is 9.98. The van der Waals surface area contributed by atoms with Crippen LogP contribution in [0.1, 0.15) is 39.5 Å². The zero-order valence-corrected chi connectivity index (χ0v) is 14.1. The van der Waals surface area contributed by atoms with Gasteiger partial charge in [-0.3, -0.25) is 9.59 Å². The number of hydrogen-bond donors (Lipinski definition) is 1. The van der Waals surface area contributed by atoms with Gasteiger partial charge >= 0.3 is 0 Å². The predicted octanol–water partition coefficient (Wildman–Crippen LogP) is 1.27. The van der Waals surface area contributed by atoms with Gasteiger partial charge in [0, 0.05) is 32.1 Å². The van der Waals surface area contributed by atoms with E-state index in [0.29, 0.717) is 12.5 Å². The number of nitrogens with one attached hydrogen (secondary N) is 1. The molecule has 122 valence electrons. The highest BCUT2D eigenvalue weighted by atomic mass is 35.5. The number of hydrogen-bond acceptors (Lipinski definition) is 3. The molecule has 2 aliphatic heterocycles. The molecule has 2 heterocycles. The Hall–Kier alpha value is -0.810. The fourth-order valence-corrected chi connectivity index (χ4v) is 3.32. The van der Waals surface area contributed by atoms with E-state index >= 15 is 0 Å². The van der Waals surface area contributed by atoms with E-state index in [1.807, 2.05) is 25.8 Å². The maximum Gasteiger partial charge on any atom is 0.245 e. The van der Waals surface area contributed by atoms with Crippen molar-refractivity contribution < 1.29 is 9.59 Å². The maximum atomic E-state index is 12.8. The smallest absolute Gasteiger partial charge is 0.245 e. The van der Waals surface area contributed by atoms with Crippen molar-refractivity contribution >= 4 is 24.2 Å². The van der Waals surface area contributed by atoms with Crippen molar-refractivity contribution in [2.45, 2.75) is 51.6 Å². The van der Waals surface area contributed by atoms with Crippen LogP contribution in [0.5, 0.6) is 0 Å². The molecule has 0 aromatic rings. The van der Waals surface area contributed by atoms with E-state index in [4.69, 9.17) is 0 Å². The average Bonchev–Trinajstić information content (AvgIpc) is 2.85. The van der Waals surface area contributed by atoms with E-state index in [0.717, 1.165) is 38.9 Å². The van der Waals surface area contributed by atoms with Crippen LogP contribution in [0.3, 0.4) is 0 Å². The number of amides is 2. The lowest BCUT2D eigenvalue weighted by molar-refractivity contribution is -0.146. The number of halogens is 1. The molecular weight excluding hydrogens is 290 g/mol. The largest absolute Gasteiger partial charge is 0.341 e. The summed E-state index contributed by atoms with van der Waals surface area (Å²) in [6.45, 7) is 6.41. The molecule has 1 atom stereocenters. The number of nitrogens with zero attached hydrogens (tertiary/aromatic N) is 2. The Morgan fingerprint density at radius 2 is 1.86 bits per heavy atom. The van der Waals surface area contributed by atoms with E-state index in [9.17, 15) is 9.59 Å². The first-order chi connectivity index (χ1) is 9.54. The minimum atomic E-state index is -0.267. The minimum Gasteiger partial charge on any atom is -0.341 e. The molecule has 2 fully saturated rings. The summed E-state index contributed by atoms with van der Waals surface area (Å²) >= 11 is 0. The minimum absolute atomic E-state index is 0. The normalized spacial score (nSPS) is 21.6. The molecule has 0 spiro atoms. The number of likely N-dealkylation sites (tertiary alicyclic amines) is 2. The topological polar surface area (TPSA) is 52.7 Å². The molecular formula is C15H28ClN3O2. The molecule has 2 saturated heterocycles.